The molecule has 1 aliphatic rings. The second-order valence-corrected chi connectivity index (χ2v) is 3.44. The van der Waals surface area contributed by atoms with Gasteiger partial charge in [-0.3, -0.25) is 0 Å². The summed E-state index contributed by atoms with van der Waals surface area (Å²) in [6.45, 7) is 1.22. The molecule has 1 aromatic rings. The van der Waals surface area contributed by atoms with E-state index in [2.05, 4.69) is 0 Å². The Morgan fingerprint density at radius 1 is 1.31 bits per heavy atom. The first-order valence-electron chi connectivity index (χ1n) is 4.47. The number of benzene rings is 1. The molecule has 0 radical (unpaired) electrons. The molecule has 68 valence electrons. The van der Waals surface area contributed by atoms with Crippen LogP contribution in [0.1, 0.15) is 12.0 Å². The number of carbonyl (C=O) groups excluding carboxylic acids is 1. The van der Waals surface area contributed by atoms with Crippen molar-refractivity contribution in [3.8, 4) is 0 Å². The predicted octanol–water partition coefficient (Wildman–Crippen LogP) is 1.54. The van der Waals surface area contributed by atoms with Crippen LogP contribution in [0.3, 0.4) is 0 Å². The van der Waals surface area contributed by atoms with Crippen molar-refractivity contribution in [2.75, 3.05) is 13.2 Å². The number of ether oxygens (including phenoxy) is 1. The van der Waals surface area contributed by atoms with Crippen LogP contribution in [0.25, 0.3) is 0 Å². The van der Waals surface area contributed by atoms with Crippen LogP contribution in [0.2, 0.25) is 0 Å². The summed E-state index contributed by atoms with van der Waals surface area (Å²) in [5.74, 6) is 0. The monoisotopic (exact) mass is 176 g/mol. The van der Waals surface area contributed by atoms with Gasteiger partial charge >= 0.3 is 0 Å². The lowest BCUT2D eigenvalue weighted by Crippen LogP contribution is -2.27. The van der Waals surface area contributed by atoms with Gasteiger partial charge in [0.1, 0.15) is 6.29 Å². The van der Waals surface area contributed by atoms with Gasteiger partial charge in [-0.25, -0.2) is 0 Å². The predicted molar refractivity (Wildman–Crippen MR) is 49.6 cm³/mol. The highest BCUT2D eigenvalue weighted by molar-refractivity contribution is 5.69. The lowest BCUT2D eigenvalue weighted by atomic mass is 9.81. The number of carbonyl (C=O) groups is 1. The average Bonchev–Trinajstić information content (AvgIpc) is 2.69. The molecule has 2 nitrogen and oxygen atoms in total. The van der Waals surface area contributed by atoms with E-state index in [1.165, 1.54) is 0 Å². The van der Waals surface area contributed by atoms with Crippen LogP contribution in [0.15, 0.2) is 30.3 Å². The first-order chi connectivity index (χ1) is 6.37. The Balaban J connectivity index is 2.36. The molecule has 1 atom stereocenters. The maximum absolute atomic E-state index is 11.0. The van der Waals surface area contributed by atoms with Crippen LogP contribution < -0.4 is 0 Å². The van der Waals surface area contributed by atoms with Crippen LogP contribution in [-0.2, 0) is 14.9 Å². The van der Waals surface area contributed by atoms with Crippen LogP contribution >= 0.6 is 0 Å². The molecule has 2 rings (SSSR count). The third kappa shape index (κ3) is 1.38. The zero-order valence-corrected chi connectivity index (χ0v) is 7.40. The van der Waals surface area contributed by atoms with E-state index in [1.54, 1.807) is 0 Å². The quantitative estimate of drug-likeness (QED) is 0.639. The molecule has 1 heterocycles. The Morgan fingerprint density at radius 2 is 2.08 bits per heavy atom. The second-order valence-electron chi connectivity index (χ2n) is 3.44. The highest BCUT2D eigenvalue weighted by Gasteiger charge is 2.36. The van der Waals surface area contributed by atoms with Crippen molar-refractivity contribution in [1.82, 2.24) is 0 Å². The van der Waals surface area contributed by atoms with Gasteiger partial charge < -0.3 is 9.53 Å². The first-order valence-corrected chi connectivity index (χ1v) is 4.47. The van der Waals surface area contributed by atoms with Crippen molar-refractivity contribution in [2.45, 2.75) is 11.8 Å². The van der Waals surface area contributed by atoms with Gasteiger partial charge in [-0.2, -0.15) is 0 Å². The van der Waals surface area contributed by atoms with Crippen molar-refractivity contribution in [1.29, 1.82) is 0 Å². The lowest BCUT2D eigenvalue weighted by molar-refractivity contribution is -0.112. The first kappa shape index (κ1) is 8.45. The Labute approximate surface area is 77.5 Å². The molecule has 0 unspecified atom stereocenters. The number of hydrogen-bond acceptors (Lipinski definition) is 2. The highest BCUT2D eigenvalue weighted by Crippen LogP contribution is 2.30. The largest absolute Gasteiger partial charge is 0.380 e. The summed E-state index contributed by atoms with van der Waals surface area (Å²) in [6, 6.07) is 9.85. The van der Waals surface area contributed by atoms with Crippen LogP contribution in [0, 0.1) is 0 Å². The van der Waals surface area contributed by atoms with E-state index in [4.69, 9.17) is 4.74 Å². The van der Waals surface area contributed by atoms with Crippen LogP contribution in [0.5, 0.6) is 0 Å². The lowest BCUT2D eigenvalue weighted by Gasteiger charge is -2.19. The summed E-state index contributed by atoms with van der Waals surface area (Å²) >= 11 is 0. The Bertz CT molecular complexity index is 286. The number of rotatable bonds is 2. The summed E-state index contributed by atoms with van der Waals surface area (Å²) in [7, 11) is 0. The summed E-state index contributed by atoms with van der Waals surface area (Å²) in [5, 5.41) is 0. The average molecular weight is 176 g/mol. The molecule has 0 aliphatic carbocycles. The van der Waals surface area contributed by atoms with E-state index in [0.717, 1.165) is 18.3 Å². The molecule has 1 aromatic carbocycles. The van der Waals surface area contributed by atoms with Gasteiger partial charge in [0.15, 0.2) is 0 Å². The minimum atomic E-state index is -0.374. The van der Waals surface area contributed by atoms with Crippen LogP contribution in [0.4, 0.5) is 0 Å². The van der Waals surface area contributed by atoms with Gasteiger partial charge in [0.25, 0.3) is 0 Å². The normalized spacial score (nSPS) is 27.4. The molecular weight excluding hydrogens is 164 g/mol. The van der Waals surface area contributed by atoms with Gasteiger partial charge in [0.05, 0.1) is 12.0 Å². The molecular formula is C11H12O2. The van der Waals surface area contributed by atoms with E-state index < -0.39 is 0 Å². The fourth-order valence-electron chi connectivity index (χ4n) is 1.74. The van der Waals surface area contributed by atoms with E-state index >= 15 is 0 Å². The molecule has 1 saturated heterocycles. The maximum atomic E-state index is 11.0. The molecule has 0 N–H and O–H groups in total. The molecule has 0 bridgehead atoms. The third-order valence-electron chi connectivity index (χ3n) is 2.63. The Morgan fingerprint density at radius 3 is 2.62 bits per heavy atom. The SMILES string of the molecule is O=C[C@]1(c2ccccc2)CCOC1. The zero-order valence-electron chi connectivity index (χ0n) is 7.40. The van der Waals surface area contributed by atoms with Crippen molar-refractivity contribution in [2.24, 2.45) is 0 Å². The smallest absolute Gasteiger partial charge is 0.132 e. The summed E-state index contributed by atoms with van der Waals surface area (Å²) in [5.41, 5.74) is 0.698. The Kier molecular flexibility index (Phi) is 2.15. The second kappa shape index (κ2) is 3.30. The third-order valence-corrected chi connectivity index (χ3v) is 2.63. The minimum absolute atomic E-state index is 0.374. The molecule has 2 heteroatoms. The molecule has 0 amide bonds. The number of hydrogen-bond donors (Lipinski definition) is 0. The molecule has 13 heavy (non-hydrogen) atoms. The molecule has 0 aromatic heterocycles. The number of aldehydes is 1. The zero-order chi connectivity index (χ0) is 9.15. The topological polar surface area (TPSA) is 26.3 Å². The van der Waals surface area contributed by atoms with Crippen LogP contribution in [-0.4, -0.2) is 19.5 Å². The van der Waals surface area contributed by atoms with E-state index in [0.29, 0.717) is 13.2 Å². The summed E-state index contributed by atoms with van der Waals surface area (Å²) < 4.78 is 5.27. The molecule has 1 fully saturated rings. The van der Waals surface area contributed by atoms with Crippen molar-refractivity contribution >= 4 is 6.29 Å². The van der Waals surface area contributed by atoms with Crippen molar-refractivity contribution in [3.05, 3.63) is 35.9 Å². The van der Waals surface area contributed by atoms with E-state index in [9.17, 15) is 4.79 Å². The maximum Gasteiger partial charge on any atom is 0.132 e. The van der Waals surface area contributed by atoms with E-state index in [-0.39, 0.29) is 5.41 Å². The van der Waals surface area contributed by atoms with Gasteiger partial charge in [0, 0.05) is 6.61 Å². The van der Waals surface area contributed by atoms with Gasteiger partial charge in [0.2, 0.25) is 0 Å². The van der Waals surface area contributed by atoms with Crippen molar-refractivity contribution in [3.63, 3.8) is 0 Å². The minimum Gasteiger partial charge on any atom is -0.380 e. The fraction of sp³-hybridized carbons (Fsp3) is 0.364. The van der Waals surface area contributed by atoms with Crippen molar-refractivity contribution < 1.29 is 9.53 Å². The van der Waals surface area contributed by atoms with E-state index in [1.807, 2.05) is 30.3 Å². The standard InChI is InChI=1S/C11H12O2/c12-8-11(6-7-13-9-11)10-4-2-1-3-5-10/h1-5,8H,6-7,9H2/t11-/m1/s1. The fourth-order valence-corrected chi connectivity index (χ4v) is 1.74. The highest BCUT2D eigenvalue weighted by atomic mass is 16.5. The molecule has 1 aliphatic heterocycles. The van der Waals surface area contributed by atoms with Gasteiger partial charge in [-0.05, 0) is 12.0 Å². The van der Waals surface area contributed by atoms with Gasteiger partial charge in [-0.1, -0.05) is 30.3 Å². The molecule has 0 spiro atoms. The van der Waals surface area contributed by atoms with Gasteiger partial charge in [-0.15, -0.1) is 0 Å². The Hall–Kier alpha value is -1.15. The molecule has 0 saturated carbocycles. The summed E-state index contributed by atoms with van der Waals surface area (Å²) in [4.78, 5) is 11.0. The summed E-state index contributed by atoms with van der Waals surface area (Å²) in [6.07, 6.45) is 1.83.